The zero-order valence-corrected chi connectivity index (χ0v) is 11.1. The third kappa shape index (κ3) is 3.48. The van der Waals surface area contributed by atoms with E-state index in [-0.39, 0.29) is 13.2 Å². The van der Waals surface area contributed by atoms with E-state index in [1.807, 2.05) is 30.3 Å². The predicted molar refractivity (Wildman–Crippen MR) is 71.6 cm³/mol. The van der Waals surface area contributed by atoms with Crippen molar-refractivity contribution < 1.29 is 19.4 Å². The summed E-state index contributed by atoms with van der Waals surface area (Å²) < 4.78 is 5.16. The molecule has 6 nitrogen and oxygen atoms in total. The standard InChI is InChI=1S/C14H18N2O4/c15-13(18)12-7-6-11(17)8-16(12)14(19)20-9-10-4-2-1-3-5-10/h1-5,11-12,17H,6-9H2,(H2,15,18)/t11-,12-/m0/s1. The molecule has 6 heteroatoms. The molecular weight excluding hydrogens is 260 g/mol. The van der Waals surface area contributed by atoms with Gasteiger partial charge in [0.15, 0.2) is 0 Å². The molecule has 1 aromatic carbocycles. The van der Waals surface area contributed by atoms with Crippen molar-refractivity contribution in [3.8, 4) is 0 Å². The summed E-state index contributed by atoms with van der Waals surface area (Å²) in [5.74, 6) is -0.575. The van der Waals surface area contributed by atoms with Crippen LogP contribution in [0.2, 0.25) is 0 Å². The van der Waals surface area contributed by atoms with E-state index in [1.54, 1.807) is 0 Å². The molecule has 0 aromatic heterocycles. The van der Waals surface area contributed by atoms with Gasteiger partial charge in [-0.05, 0) is 18.4 Å². The number of aliphatic hydroxyl groups is 1. The molecule has 0 radical (unpaired) electrons. The maximum absolute atomic E-state index is 12.0. The summed E-state index contributed by atoms with van der Waals surface area (Å²) in [6, 6.07) is 8.53. The van der Waals surface area contributed by atoms with Gasteiger partial charge in [0.25, 0.3) is 0 Å². The molecule has 0 aliphatic carbocycles. The van der Waals surface area contributed by atoms with Gasteiger partial charge in [0.2, 0.25) is 5.91 Å². The van der Waals surface area contributed by atoms with Gasteiger partial charge in [-0.15, -0.1) is 0 Å². The van der Waals surface area contributed by atoms with Crippen LogP contribution in [-0.4, -0.2) is 40.7 Å². The zero-order valence-electron chi connectivity index (χ0n) is 11.1. The Morgan fingerprint density at radius 3 is 2.65 bits per heavy atom. The Hall–Kier alpha value is -2.08. The third-order valence-corrected chi connectivity index (χ3v) is 3.33. The Labute approximate surface area is 117 Å². The monoisotopic (exact) mass is 278 g/mol. The molecule has 1 saturated heterocycles. The first-order valence-electron chi connectivity index (χ1n) is 6.52. The summed E-state index contributed by atoms with van der Waals surface area (Å²) in [4.78, 5) is 24.6. The molecule has 2 atom stereocenters. The van der Waals surface area contributed by atoms with Crippen molar-refractivity contribution in [2.24, 2.45) is 5.73 Å². The SMILES string of the molecule is NC(=O)[C@@H]1CC[C@H](O)CN1C(=O)OCc1ccccc1. The molecule has 20 heavy (non-hydrogen) atoms. The summed E-state index contributed by atoms with van der Waals surface area (Å²) in [7, 11) is 0. The van der Waals surface area contributed by atoms with Crippen LogP contribution in [0.4, 0.5) is 4.79 Å². The fourth-order valence-electron chi connectivity index (χ4n) is 2.25. The lowest BCUT2D eigenvalue weighted by molar-refractivity contribution is -0.125. The molecular formula is C14H18N2O4. The van der Waals surface area contributed by atoms with Crippen LogP contribution >= 0.6 is 0 Å². The number of carbonyl (C=O) groups excluding carboxylic acids is 2. The van der Waals surface area contributed by atoms with Gasteiger partial charge in [0.05, 0.1) is 12.6 Å². The number of nitrogens with two attached hydrogens (primary N) is 1. The van der Waals surface area contributed by atoms with Crippen LogP contribution in [0.3, 0.4) is 0 Å². The molecule has 2 amide bonds. The van der Waals surface area contributed by atoms with E-state index in [4.69, 9.17) is 10.5 Å². The Morgan fingerprint density at radius 2 is 2.00 bits per heavy atom. The molecule has 0 unspecified atom stereocenters. The number of likely N-dealkylation sites (tertiary alicyclic amines) is 1. The molecule has 108 valence electrons. The largest absolute Gasteiger partial charge is 0.445 e. The number of ether oxygens (including phenoxy) is 1. The summed E-state index contributed by atoms with van der Waals surface area (Å²) in [5, 5.41) is 9.61. The number of primary amides is 1. The van der Waals surface area contributed by atoms with Gasteiger partial charge in [0, 0.05) is 0 Å². The van der Waals surface area contributed by atoms with Crippen molar-refractivity contribution in [2.45, 2.75) is 31.6 Å². The van der Waals surface area contributed by atoms with E-state index in [1.165, 1.54) is 4.90 Å². The minimum atomic E-state index is -0.707. The van der Waals surface area contributed by atoms with E-state index in [9.17, 15) is 14.7 Å². The van der Waals surface area contributed by atoms with Crippen molar-refractivity contribution in [1.29, 1.82) is 0 Å². The van der Waals surface area contributed by atoms with Crippen LogP contribution in [0, 0.1) is 0 Å². The van der Waals surface area contributed by atoms with Crippen LogP contribution < -0.4 is 5.73 Å². The van der Waals surface area contributed by atoms with Crippen LogP contribution in [0.25, 0.3) is 0 Å². The van der Waals surface area contributed by atoms with E-state index < -0.39 is 24.1 Å². The smallest absolute Gasteiger partial charge is 0.410 e. The van der Waals surface area contributed by atoms with Crippen LogP contribution in [0.15, 0.2) is 30.3 Å². The molecule has 0 bridgehead atoms. The summed E-state index contributed by atoms with van der Waals surface area (Å²) in [6.07, 6.45) is -0.459. The lowest BCUT2D eigenvalue weighted by atomic mass is 10.0. The summed E-state index contributed by atoms with van der Waals surface area (Å²) in [5.41, 5.74) is 6.13. The number of rotatable bonds is 3. The maximum atomic E-state index is 12.0. The molecule has 0 spiro atoms. The van der Waals surface area contributed by atoms with Gasteiger partial charge in [-0.2, -0.15) is 0 Å². The molecule has 1 aliphatic rings. The summed E-state index contributed by atoms with van der Waals surface area (Å²) >= 11 is 0. The first-order valence-corrected chi connectivity index (χ1v) is 6.52. The highest BCUT2D eigenvalue weighted by Gasteiger charge is 2.35. The number of benzene rings is 1. The number of aliphatic hydroxyl groups excluding tert-OH is 1. The van der Waals surface area contributed by atoms with Gasteiger partial charge in [-0.1, -0.05) is 30.3 Å². The van der Waals surface area contributed by atoms with Gasteiger partial charge in [-0.25, -0.2) is 4.79 Å². The average Bonchev–Trinajstić information content (AvgIpc) is 2.45. The van der Waals surface area contributed by atoms with Crippen LogP contribution in [0.1, 0.15) is 18.4 Å². The van der Waals surface area contributed by atoms with E-state index >= 15 is 0 Å². The highest BCUT2D eigenvalue weighted by molar-refractivity contribution is 5.84. The lowest BCUT2D eigenvalue weighted by Crippen LogP contribution is -2.54. The quantitative estimate of drug-likeness (QED) is 0.848. The van der Waals surface area contributed by atoms with Crippen molar-refractivity contribution in [2.75, 3.05) is 6.54 Å². The Kier molecular flexibility index (Phi) is 4.57. The number of hydrogen-bond donors (Lipinski definition) is 2. The van der Waals surface area contributed by atoms with E-state index in [2.05, 4.69) is 0 Å². The summed E-state index contributed by atoms with van der Waals surface area (Å²) in [6.45, 7) is 0.193. The van der Waals surface area contributed by atoms with Crippen LogP contribution in [-0.2, 0) is 16.1 Å². The number of piperidine rings is 1. The van der Waals surface area contributed by atoms with Crippen molar-refractivity contribution >= 4 is 12.0 Å². The molecule has 1 fully saturated rings. The molecule has 1 heterocycles. The lowest BCUT2D eigenvalue weighted by Gasteiger charge is -2.35. The molecule has 2 rings (SSSR count). The first kappa shape index (κ1) is 14.3. The second-order valence-corrected chi connectivity index (χ2v) is 4.84. The Bertz CT molecular complexity index is 477. The second kappa shape index (κ2) is 6.38. The van der Waals surface area contributed by atoms with Crippen LogP contribution in [0.5, 0.6) is 0 Å². The maximum Gasteiger partial charge on any atom is 0.410 e. The number of β-amino-alcohol motifs (C(OH)–C–C–N with tert-alkyl or cyclic N) is 1. The highest BCUT2D eigenvalue weighted by Crippen LogP contribution is 2.18. The third-order valence-electron chi connectivity index (χ3n) is 3.33. The number of amides is 2. The van der Waals surface area contributed by atoms with Gasteiger partial charge in [-0.3, -0.25) is 9.69 Å². The number of nitrogens with zero attached hydrogens (tertiary/aromatic N) is 1. The number of carbonyl (C=O) groups is 2. The molecule has 1 aliphatic heterocycles. The van der Waals surface area contributed by atoms with Gasteiger partial charge >= 0.3 is 6.09 Å². The average molecular weight is 278 g/mol. The topological polar surface area (TPSA) is 92.9 Å². The second-order valence-electron chi connectivity index (χ2n) is 4.84. The van der Waals surface area contributed by atoms with Crippen molar-refractivity contribution in [3.63, 3.8) is 0 Å². The molecule has 0 saturated carbocycles. The highest BCUT2D eigenvalue weighted by atomic mass is 16.6. The zero-order chi connectivity index (χ0) is 14.5. The van der Waals surface area contributed by atoms with Gasteiger partial charge < -0.3 is 15.6 Å². The van der Waals surface area contributed by atoms with E-state index in [0.717, 1.165) is 5.56 Å². The van der Waals surface area contributed by atoms with Crippen molar-refractivity contribution in [3.05, 3.63) is 35.9 Å². The molecule has 3 N–H and O–H groups in total. The Morgan fingerprint density at radius 1 is 1.30 bits per heavy atom. The minimum Gasteiger partial charge on any atom is -0.445 e. The van der Waals surface area contributed by atoms with Crippen molar-refractivity contribution in [1.82, 2.24) is 4.90 Å². The minimum absolute atomic E-state index is 0.0707. The Balaban J connectivity index is 1.97. The van der Waals surface area contributed by atoms with Gasteiger partial charge in [0.1, 0.15) is 12.6 Å². The fraction of sp³-hybridized carbons (Fsp3) is 0.429. The normalized spacial score (nSPS) is 22.4. The molecule has 1 aromatic rings. The first-order chi connectivity index (χ1) is 9.58. The predicted octanol–water partition coefficient (Wildman–Crippen LogP) is 0.634. The fourth-order valence-corrected chi connectivity index (χ4v) is 2.25. The number of hydrogen-bond acceptors (Lipinski definition) is 4. The van der Waals surface area contributed by atoms with E-state index in [0.29, 0.717) is 12.8 Å².